The van der Waals surface area contributed by atoms with Crippen LogP contribution in [0.4, 0.5) is 0 Å². The Bertz CT molecular complexity index is 676. The molecule has 0 bridgehead atoms. The van der Waals surface area contributed by atoms with E-state index in [-0.39, 0.29) is 17.1 Å². The molecule has 8 nitrogen and oxygen atoms in total. The van der Waals surface area contributed by atoms with Crippen molar-refractivity contribution >= 4 is 9.84 Å². The van der Waals surface area contributed by atoms with Gasteiger partial charge in [-0.15, -0.1) is 0 Å². The number of rotatable bonds is 11. The molecule has 2 rings (SSSR count). The van der Waals surface area contributed by atoms with Gasteiger partial charge in [0.2, 0.25) is 0 Å². The van der Waals surface area contributed by atoms with Gasteiger partial charge in [-0.1, -0.05) is 18.2 Å². The van der Waals surface area contributed by atoms with Crippen LogP contribution in [0.25, 0.3) is 0 Å². The molecule has 5 atom stereocenters. The van der Waals surface area contributed by atoms with E-state index in [0.29, 0.717) is 6.42 Å². The molecule has 3 unspecified atom stereocenters. The zero-order valence-electron chi connectivity index (χ0n) is 16.4. The van der Waals surface area contributed by atoms with Crippen LogP contribution in [0.3, 0.4) is 0 Å². The van der Waals surface area contributed by atoms with Crippen molar-refractivity contribution in [1.82, 2.24) is 0 Å². The van der Waals surface area contributed by atoms with Crippen molar-refractivity contribution in [3.63, 3.8) is 0 Å². The van der Waals surface area contributed by atoms with Gasteiger partial charge in [0.05, 0.1) is 41.7 Å². The Labute approximate surface area is 166 Å². The first kappa shape index (κ1) is 23.2. The van der Waals surface area contributed by atoms with Gasteiger partial charge in [-0.3, -0.25) is 0 Å². The summed E-state index contributed by atoms with van der Waals surface area (Å²) in [6, 6.07) is 8.22. The molecule has 0 amide bonds. The molecular weight excluding hydrogens is 388 g/mol. The Morgan fingerprint density at radius 1 is 1.07 bits per heavy atom. The van der Waals surface area contributed by atoms with E-state index in [1.165, 1.54) is 21.3 Å². The second-order valence-electron chi connectivity index (χ2n) is 6.88. The summed E-state index contributed by atoms with van der Waals surface area (Å²) >= 11 is 0. The lowest BCUT2D eigenvalue weighted by Gasteiger charge is -2.25. The van der Waals surface area contributed by atoms with E-state index in [1.807, 2.05) is 0 Å². The SMILES string of the molecule is COC(CC1OC(C[C@H](O)CO)[C@H](OC)C1CS(=O)(=O)c1ccccc1)OC. The summed E-state index contributed by atoms with van der Waals surface area (Å²) in [5.41, 5.74) is 0. The predicted octanol–water partition coefficient (Wildman–Crippen LogP) is 0.611. The minimum Gasteiger partial charge on any atom is -0.394 e. The van der Waals surface area contributed by atoms with Crippen LogP contribution < -0.4 is 0 Å². The highest BCUT2D eigenvalue weighted by atomic mass is 32.2. The Morgan fingerprint density at radius 2 is 1.71 bits per heavy atom. The van der Waals surface area contributed by atoms with Crippen LogP contribution in [0, 0.1) is 5.92 Å². The highest BCUT2D eigenvalue weighted by Crippen LogP contribution is 2.36. The van der Waals surface area contributed by atoms with Crippen molar-refractivity contribution < 1.29 is 37.6 Å². The number of hydrogen-bond acceptors (Lipinski definition) is 8. The van der Waals surface area contributed by atoms with Gasteiger partial charge in [0.15, 0.2) is 16.1 Å². The second kappa shape index (κ2) is 10.6. The molecule has 1 heterocycles. The molecule has 1 fully saturated rings. The fourth-order valence-electron chi connectivity index (χ4n) is 3.64. The minimum absolute atomic E-state index is 0.137. The molecule has 0 radical (unpaired) electrons. The van der Waals surface area contributed by atoms with Crippen LogP contribution in [0.15, 0.2) is 35.2 Å². The maximum absolute atomic E-state index is 12.9. The van der Waals surface area contributed by atoms with E-state index >= 15 is 0 Å². The van der Waals surface area contributed by atoms with E-state index in [4.69, 9.17) is 24.1 Å². The summed E-state index contributed by atoms with van der Waals surface area (Å²) in [5, 5.41) is 19.0. The van der Waals surface area contributed by atoms with Gasteiger partial charge < -0.3 is 29.2 Å². The molecule has 1 aliphatic rings. The standard InChI is InChI=1S/C19H30O8S/c1-24-18(25-2)10-16-15(12-28(22,23)14-7-5-4-6-8-14)19(26-3)17(27-16)9-13(21)11-20/h4-8,13,15-21H,9-12H2,1-3H3/t13-,15?,16?,17?,19+/m0/s1. The van der Waals surface area contributed by atoms with Crippen molar-refractivity contribution in [3.8, 4) is 0 Å². The monoisotopic (exact) mass is 418 g/mol. The highest BCUT2D eigenvalue weighted by Gasteiger charge is 2.47. The third kappa shape index (κ3) is 5.73. The fraction of sp³-hybridized carbons (Fsp3) is 0.684. The van der Waals surface area contributed by atoms with E-state index in [0.717, 1.165) is 0 Å². The van der Waals surface area contributed by atoms with Gasteiger partial charge in [-0.05, 0) is 12.1 Å². The number of ether oxygens (including phenoxy) is 4. The molecule has 1 aromatic rings. The third-order valence-electron chi connectivity index (χ3n) is 5.07. The van der Waals surface area contributed by atoms with E-state index in [1.54, 1.807) is 30.3 Å². The molecule has 0 spiro atoms. The van der Waals surface area contributed by atoms with Crippen LogP contribution in [-0.2, 0) is 28.8 Å². The maximum Gasteiger partial charge on any atom is 0.178 e. The summed E-state index contributed by atoms with van der Waals surface area (Å²) in [6.07, 6.45) is -2.71. The smallest absolute Gasteiger partial charge is 0.178 e. The van der Waals surface area contributed by atoms with Gasteiger partial charge in [-0.2, -0.15) is 0 Å². The molecular formula is C19H30O8S. The Balaban J connectivity index is 2.28. The first-order valence-electron chi connectivity index (χ1n) is 9.16. The van der Waals surface area contributed by atoms with Crippen LogP contribution in [0.1, 0.15) is 12.8 Å². The number of aliphatic hydroxyl groups is 2. The zero-order valence-corrected chi connectivity index (χ0v) is 17.2. The quantitative estimate of drug-likeness (QED) is 0.503. The molecule has 0 saturated carbocycles. The lowest BCUT2D eigenvalue weighted by atomic mass is 9.94. The predicted molar refractivity (Wildman–Crippen MR) is 102 cm³/mol. The molecule has 0 aliphatic carbocycles. The molecule has 2 N–H and O–H groups in total. The molecule has 28 heavy (non-hydrogen) atoms. The normalized spacial score (nSPS) is 26.6. The van der Waals surface area contributed by atoms with E-state index < -0.39 is 53.1 Å². The van der Waals surface area contributed by atoms with Crippen LogP contribution in [0.2, 0.25) is 0 Å². The van der Waals surface area contributed by atoms with Gasteiger partial charge >= 0.3 is 0 Å². The summed E-state index contributed by atoms with van der Waals surface area (Å²) in [4.78, 5) is 0.234. The van der Waals surface area contributed by atoms with E-state index in [2.05, 4.69) is 0 Å². The van der Waals surface area contributed by atoms with Crippen LogP contribution in [-0.4, -0.2) is 83.0 Å². The minimum atomic E-state index is -3.58. The first-order chi connectivity index (χ1) is 13.4. The van der Waals surface area contributed by atoms with Gasteiger partial charge in [-0.25, -0.2) is 8.42 Å². The Kier molecular flexibility index (Phi) is 8.81. The molecule has 0 aromatic heterocycles. The average molecular weight is 419 g/mol. The summed E-state index contributed by atoms with van der Waals surface area (Å²) in [5.74, 6) is -0.662. The Hall–Kier alpha value is -1.07. The van der Waals surface area contributed by atoms with Crippen molar-refractivity contribution in [1.29, 1.82) is 0 Å². The number of hydrogen-bond donors (Lipinski definition) is 2. The molecule has 160 valence electrons. The molecule has 1 aliphatic heterocycles. The average Bonchev–Trinajstić information content (AvgIpc) is 3.01. The van der Waals surface area contributed by atoms with Gasteiger partial charge in [0, 0.05) is 40.1 Å². The number of sulfone groups is 1. The van der Waals surface area contributed by atoms with Crippen LogP contribution in [0.5, 0.6) is 0 Å². The third-order valence-corrected chi connectivity index (χ3v) is 6.88. The lowest BCUT2D eigenvalue weighted by Crippen LogP contribution is -2.37. The fourth-order valence-corrected chi connectivity index (χ4v) is 5.31. The van der Waals surface area contributed by atoms with Crippen molar-refractivity contribution in [3.05, 3.63) is 30.3 Å². The number of methoxy groups -OCH3 is 3. The lowest BCUT2D eigenvalue weighted by molar-refractivity contribution is -0.132. The second-order valence-corrected chi connectivity index (χ2v) is 8.91. The van der Waals surface area contributed by atoms with Gasteiger partial charge in [0.25, 0.3) is 0 Å². The topological polar surface area (TPSA) is 112 Å². The van der Waals surface area contributed by atoms with Crippen LogP contribution >= 0.6 is 0 Å². The molecule has 1 aromatic carbocycles. The van der Waals surface area contributed by atoms with Crippen molar-refractivity contribution in [2.24, 2.45) is 5.92 Å². The summed E-state index contributed by atoms with van der Waals surface area (Å²) in [6.45, 7) is -0.410. The number of aliphatic hydroxyl groups excluding tert-OH is 2. The molecule has 9 heteroatoms. The number of benzene rings is 1. The molecule has 1 saturated heterocycles. The largest absolute Gasteiger partial charge is 0.394 e. The van der Waals surface area contributed by atoms with E-state index in [9.17, 15) is 13.5 Å². The van der Waals surface area contributed by atoms with Crippen molar-refractivity contribution in [2.75, 3.05) is 33.7 Å². The zero-order chi connectivity index (χ0) is 20.7. The first-order valence-corrected chi connectivity index (χ1v) is 10.8. The summed E-state index contributed by atoms with van der Waals surface area (Å²) < 4.78 is 48.0. The van der Waals surface area contributed by atoms with Gasteiger partial charge in [0.1, 0.15) is 0 Å². The van der Waals surface area contributed by atoms with Crippen molar-refractivity contribution in [2.45, 2.75) is 48.4 Å². The Morgan fingerprint density at radius 3 is 2.25 bits per heavy atom. The summed E-state index contributed by atoms with van der Waals surface area (Å²) in [7, 11) is 0.907. The maximum atomic E-state index is 12.9. The highest BCUT2D eigenvalue weighted by molar-refractivity contribution is 7.91.